The molecule has 0 unspecified atom stereocenters. The van der Waals surface area contributed by atoms with Crippen LogP contribution < -0.4 is 15.0 Å². The summed E-state index contributed by atoms with van der Waals surface area (Å²) < 4.78 is 18.8. The molecule has 0 bridgehead atoms. The van der Waals surface area contributed by atoms with Crippen molar-refractivity contribution in [1.82, 2.24) is 9.66 Å². The maximum absolute atomic E-state index is 13.3. The number of benzene rings is 2. The molecular weight excluding hydrogens is 558 g/mol. The first kappa shape index (κ1) is 24.9. The molecule has 1 aromatic heterocycles. The Morgan fingerprint density at radius 3 is 2.48 bits per heavy atom. The highest BCUT2D eigenvalue weighted by Crippen LogP contribution is 2.35. The molecule has 2 aromatic carbocycles. The van der Waals surface area contributed by atoms with E-state index in [-0.39, 0.29) is 17.2 Å². The minimum atomic E-state index is -0.883. The maximum Gasteiger partial charge on any atom is 0.346 e. The molecule has 0 saturated carbocycles. The van der Waals surface area contributed by atoms with E-state index in [1.54, 1.807) is 31.2 Å². The summed E-state index contributed by atoms with van der Waals surface area (Å²) in [5, 5.41) is 4.89. The zero-order valence-corrected chi connectivity index (χ0v) is 21.9. The predicted molar refractivity (Wildman–Crippen MR) is 134 cm³/mol. The Balaban J connectivity index is 2.17. The molecular formula is C23H23Br2N3O5. The molecule has 0 spiro atoms. The van der Waals surface area contributed by atoms with Crippen LogP contribution in [0.15, 0.2) is 49.2 Å². The first-order valence-corrected chi connectivity index (χ1v) is 11.6. The Bertz CT molecular complexity index is 1290. The van der Waals surface area contributed by atoms with Crippen molar-refractivity contribution < 1.29 is 19.0 Å². The van der Waals surface area contributed by atoms with Gasteiger partial charge in [0.15, 0.2) is 17.6 Å². The number of esters is 1. The third-order valence-corrected chi connectivity index (χ3v) is 5.71. The number of methoxy groups -OCH3 is 2. The Kier molecular flexibility index (Phi) is 7.91. The van der Waals surface area contributed by atoms with E-state index >= 15 is 0 Å². The fourth-order valence-electron chi connectivity index (χ4n) is 3.12. The number of carbonyl (C=O) groups excluding carboxylic acids is 1. The van der Waals surface area contributed by atoms with Crippen molar-refractivity contribution in [2.75, 3.05) is 14.2 Å². The smallest absolute Gasteiger partial charge is 0.346 e. The predicted octanol–water partition coefficient (Wildman–Crippen LogP) is 4.88. The van der Waals surface area contributed by atoms with Gasteiger partial charge in [-0.2, -0.15) is 9.78 Å². The van der Waals surface area contributed by atoms with Crippen molar-refractivity contribution >= 4 is 54.9 Å². The highest BCUT2D eigenvalue weighted by atomic mass is 79.9. The number of hydrogen-bond donors (Lipinski definition) is 0. The van der Waals surface area contributed by atoms with E-state index in [9.17, 15) is 9.59 Å². The Hall–Kier alpha value is -2.72. The van der Waals surface area contributed by atoms with Gasteiger partial charge < -0.3 is 14.2 Å². The van der Waals surface area contributed by atoms with Crippen LogP contribution in [0, 0.1) is 0 Å². The lowest BCUT2D eigenvalue weighted by Gasteiger charge is -2.18. The standard InChI is InChI=1S/C23H23Br2N3O5/c1-12(2)21-27-18-7-6-15(24)9-17(18)22(29)28(21)26-11-14-8-16(25)10-19(31-4)20(14)33-13(3)23(30)32-5/h6-13H,1-5H3/t13-/m0/s1. The molecule has 1 atom stereocenters. The summed E-state index contributed by atoms with van der Waals surface area (Å²) in [6, 6.07) is 8.80. The van der Waals surface area contributed by atoms with Gasteiger partial charge in [0.25, 0.3) is 5.56 Å². The summed E-state index contributed by atoms with van der Waals surface area (Å²) in [7, 11) is 2.78. The van der Waals surface area contributed by atoms with Crippen LogP contribution in [0.4, 0.5) is 0 Å². The molecule has 0 fully saturated rings. The summed E-state index contributed by atoms with van der Waals surface area (Å²) in [6.45, 7) is 5.45. The molecule has 33 heavy (non-hydrogen) atoms. The van der Waals surface area contributed by atoms with E-state index < -0.39 is 12.1 Å². The van der Waals surface area contributed by atoms with Gasteiger partial charge in [0.1, 0.15) is 5.82 Å². The first-order chi connectivity index (χ1) is 15.7. The van der Waals surface area contributed by atoms with Crippen LogP contribution in [0.1, 0.15) is 38.1 Å². The second kappa shape index (κ2) is 10.5. The number of nitrogens with zero attached hydrogens (tertiary/aromatic N) is 3. The normalized spacial score (nSPS) is 12.4. The monoisotopic (exact) mass is 579 g/mol. The van der Waals surface area contributed by atoms with Crippen LogP contribution in [-0.2, 0) is 9.53 Å². The number of halogens is 2. The van der Waals surface area contributed by atoms with Gasteiger partial charge in [-0.05, 0) is 37.3 Å². The van der Waals surface area contributed by atoms with Gasteiger partial charge in [-0.15, -0.1) is 0 Å². The Morgan fingerprint density at radius 1 is 1.12 bits per heavy atom. The third-order valence-electron chi connectivity index (χ3n) is 4.76. The van der Waals surface area contributed by atoms with Crippen LogP contribution in [0.2, 0.25) is 0 Å². The Morgan fingerprint density at radius 2 is 1.85 bits per heavy atom. The molecule has 174 valence electrons. The lowest BCUT2D eigenvalue weighted by molar-refractivity contribution is -0.147. The second-order valence-corrected chi connectivity index (χ2v) is 9.29. The maximum atomic E-state index is 13.3. The minimum absolute atomic E-state index is 0.0602. The topological polar surface area (TPSA) is 92.0 Å². The van der Waals surface area contributed by atoms with Crippen LogP contribution in [0.5, 0.6) is 11.5 Å². The molecule has 8 nitrogen and oxygen atoms in total. The summed E-state index contributed by atoms with van der Waals surface area (Å²) in [5.41, 5.74) is 0.792. The zero-order chi connectivity index (χ0) is 24.3. The lowest BCUT2D eigenvalue weighted by Crippen LogP contribution is -2.26. The highest BCUT2D eigenvalue weighted by molar-refractivity contribution is 9.10. The summed E-state index contributed by atoms with van der Waals surface area (Å²) in [4.78, 5) is 29.8. The molecule has 0 N–H and O–H groups in total. The number of carbonyl (C=O) groups is 1. The lowest BCUT2D eigenvalue weighted by atomic mass is 10.2. The largest absolute Gasteiger partial charge is 0.493 e. The number of aromatic nitrogens is 2. The van der Waals surface area contributed by atoms with Gasteiger partial charge in [-0.1, -0.05) is 45.7 Å². The average Bonchev–Trinajstić information content (AvgIpc) is 2.78. The van der Waals surface area contributed by atoms with Gasteiger partial charge >= 0.3 is 5.97 Å². The van der Waals surface area contributed by atoms with Crippen LogP contribution >= 0.6 is 31.9 Å². The first-order valence-electron chi connectivity index (χ1n) is 10.0. The Labute approximate surface area is 207 Å². The van der Waals surface area contributed by atoms with Crippen molar-refractivity contribution in [2.24, 2.45) is 5.10 Å². The number of ether oxygens (including phenoxy) is 3. The SMILES string of the molecule is COC(=O)[C@H](C)Oc1c(C=Nn2c(C(C)C)nc3ccc(Br)cc3c2=O)cc(Br)cc1OC. The van der Waals surface area contributed by atoms with Gasteiger partial charge in [-0.25, -0.2) is 9.78 Å². The molecule has 0 radical (unpaired) electrons. The van der Waals surface area contributed by atoms with Crippen molar-refractivity contribution in [3.05, 3.63) is 61.0 Å². The number of rotatable bonds is 7. The zero-order valence-electron chi connectivity index (χ0n) is 18.8. The molecule has 0 aliphatic carbocycles. The second-order valence-electron chi connectivity index (χ2n) is 7.46. The average molecular weight is 581 g/mol. The van der Waals surface area contributed by atoms with E-state index in [1.165, 1.54) is 25.1 Å². The van der Waals surface area contributed by atoms with Crippen molar-refractivity contribution in [3.8, 4) is 11.5 Å². The molecule has 3 rings (SSSR count). The van der Waals surface area contributed by atoms with Gasteiger partial charge in [0, 0.05) is 20.4 Å². The summed E-state index contributed by atoms with van der Waals surface area (Å²) in [5.74, 6) is 0.593. The quantitative estimate of drug-likeness (QED) is 0.292. The van der Waals surface area contributed by atoms with Crippen molar-refractivity contribution in [3.63, 3.8) is 0 Å². The minimum Gasteiger partial charge on any atom is -0.493 e. The summed E-state index contributed by atoms with van der Waals surface area (Å²) >= 11 is 6.84. The fraction of sp³-hybridized carbons (Fsp3) is 0.304. The van der Waals surface area contributed by atoms with Crippen molar-refractivity contribution in [1.29, 1.82) is 0 Å². The third kappa shape index (κ3) is 5.44. The van der Waals surface area contributed by atoms with E-state index in [1.807, 2.05) is 19.9 Å². The molecule has 0 saturated heterocycles. The molecule has 0 amide bonds. The number of fused-ring (bicyclic) bond motifs is 1. The number of hydrogen-bond acceptors (Lipinski definition) is 7. The molecule has 0 aliphatic rings. The van der Waals surface area contributed by atoms with Gasteiger partial charge in [-0.3, -0.25) is 4.79 Å². The van der Waals surface area contributed by atoms with Crippen LogP contribution in [0.25, 0.3) is 10.9 Å². The van der Waals surface area contributed by atoms with E-state index in [2.05, 4.69) is 41.9 Å². The van der Waals surface area contributed by atoms with Crippen molar-refractivity contribution in [2.45, 2.75) is 32.8 Å². The van der Waals surface area contributed by atoms with Gasteiger partial charge in [0.05, 0.1) is 31.3 Å². The molecule has 3 aromatic rings. The van der Waals surface area contributed by atoms with E-state index in [0.29, 0.717) is 32.5 Å². The molecule has 1 heterocycles. The van der Waals surface area contributed by atoms with Gasteiger partial charge in [0.2, 0.25) is 0 Å². The van der Waals surface area contributed by atoms with Crippen LogP contribution in [0.3, 0.4) is 0 Å². The summed E-state index contributed by atoms with van der Waals surface area (Å²) in [6.07, 6.45) is 0.594. The molecule has 10 heteroatoms. The van der Waals surface area contributed by atoms with Crippen LogP contribution in [-0.4, -0.2) is 42.2 Å². The molecule has 0 aliphatic heterocycles. The van der Waals surface area contributed by atoms with E-state index in [0.717, 1.165) is 4.47 Å². The van der Waals surface area contributed by atoms with E-state index in [4.69, 9.17) is 14.2 Å². The fourth-order valence-corrected chi connectivity index (χ4v) is 3.94. The highest BCUT2D eigenvalue weighted by Gasteiger charge is 2.21.